The minimum Gasteiger partial charge on any atom is -0.337 e. The van der Waals surface area contributed by atoms with Gasteiger partial charge in [-0.25, -0.2) is 4.79 Å². The smallest absolute Gasteiger partial charge is 0.331 e. The van der Waals surface area contributed by atoms with E-state index in [4.69, 9.17) is 0 Å². The topological polar surface area (TPSA) is 99.9 Å². The number of hydrogen-bond donors (Lipinski definition) is 3. The summed E-state index contributed by atoms with van der Waals surface area (Å²) in [7, 11) is 0. The minimum atomic E-state index is -1.03. The van der Waals surface area contributed by atoms with Crippen LogP contribution in [0.2, 0.25) is 0 Å². The van der Waals surface area contributed by atoms with Crippen LogP contribution in [0.15, 0.2) is 17.6 Å². The Morgan fingerprint density at radius 3 is 2.77 bits per heavy atom. The Morgan fingerprint density at radius 1 is 1.36 bits per heavy atom. The molecule has 120 valence electrons. The van der Waals surface area contributed by atoms with E-state index in [2.05, 4.69) is 22.2 Å². The fraction of sp³-hybridized carbons (Fsp3) is 0.571. The lowest BCUT2D eigenvalue weighted by Gasteiger charge is -2.27. The molecule has 0 saturated carbocycles. The molecule has 1 atom stereocenters. The predicted molar refractivity (Wildman–Crippen MR) is 79.5 cm³/mol. The molecule has 0 radical (unpaired) electrons. The van der Waals surface area contributed by atoms with Crippen LogP contribution in [0, 0.1) is 5.92 Å². The van der Waals surface area contributed by atoms with Crippen LogP contribution in [-0.2, 0) is 9.59 Å². The molecule has 22 heavy (non-hydrogen) atoms. The van der Waals surface area contributed by atoms with Crippen LogP contribution in [0.4, 0.5) is 4.79 Å². The van der Waals surface area contributed by atoms with Crippen molar-refractivity contribution in [2.75, 3.05) is 45.8 Å². The first kappa shape index (κ1) is 16.3. The Labute approximate surface area is 129 Å². The van der Waals surface area contributed by atoms with E-state index in [0.29, 0.717) is 6.54 Å². The predicted octanol–water partition coefficient (Wildman–Crippen LogP) is -3.60. The molecule has 2 rings (SSSR count). The number of imide groups is 2. The second-order valence-corrected chi connectivity index (χ2v) is 5.43. The normalized spacial score (nSPS) is 23.9. The number of nitrogens with one attached hydrogen (secondary N) is 2. The first-order valence-electron chi connectivity index (χ1n) is 7.55. The second-order valence-electron chi connectivity index (χ2n) is 5.43. The van der Waals surface area contributed by atoms with E-state index >= 15 is 0 Å². The molecule has 2 aliphatic rings. The van der Waals surface area contributed by atoms with Crippen LogP contribution in [-0.4, -0.2) is 74.8 Å². The van der Waals surface area contributed by atoms with Crippen molar-refractivity contribution in [3.8, 4) is 0 Å². The third-order valence-corrected chi connectivity index (χ3v) is 3.85. The molecule has 4 amide bonds. The molecule has 4 N–H and O–H groups in total. The molecule has 2 saturated heterocycles. The van der Waals surface area contributed by atoms with E-state index in [-0.39, 0.29) is 6.54 Å². The average molecular weight is 309 g/mol. The quantitative estimate of drug-likeness (QED) is 0.268. The van der Waals surface area contributed by atoms with Crippen LogP contribution >= 0.6 is 0 Å². The van der Waals surface area contributed by atoms with Crippen LogP contribution in [0.25, 0.3) is 0 Å². The maximum Gasteiger partial charge on any atom is 0.331 e. The van der Waals surface area contributed by atoms with Crippen LogP contribution in [0.1, 0.15) is 0 Å². The minimum absolute atomic E-state index is 0.0801. The molecule has 0 spiro atoms. The summed E-state index contributed by atoms with van der Waals surface area (Å²) < 4.78 is 0. The van der Waals surface area contributed by atoms with Crippen molar-refractivity contribution >= 4 is 24.1 Å². The maximum atomic E-state index is 12.1. The number of barbiturate groups is 1. The van der Waals surface area contributed by atoms with Gasteiger partial charge < -0.3 is 10.2 Å². The largest absolute Gasteiger partial charge is 0.337 e. The third-order valence-electron chi connectivity index (χ3n) is 3.85. The van der Waals surface area contributed by atoms with Gasteiger partial charge in [0.25, 0.3) is 0 Å². The Hall–Kier alpha value is -2.06. The molecule has 0 aromatic heterocycles. The molecular weight excluding hydrogens is 286 g/mol. The fourth-order valence-corrected chi connectivity index (χ4v) is 2.60. The molecule has 2 heterocycles. The Kier molecular flexibility index (Phi) is 5.79. The van der Waals surface area contributed by atoms with Gasteiger partial charge in [0, 0.05) is 12.8 Å². The van der Waals surface area contributed by atoms with Gasteiger partial charge in [-0.05, 0) is 0 Å². The van der Waals surface area contributed by atoms with Crippen molar-refractivity contribution in [1.29, 1.82) is 0 Å². The number of urea groups is 1. The summed E-state index contributed by atoms with van der Waals surface area (Å²) in [5.41, 5.74) is 0. The van der Waals surface area contributed by atoms with Gasteiger partial charge >= 0.3 is 6.03 Å². The first-order valence-corrected chi connectivity index (χ1v) is 7.55. The van der Waals surface area contributed by atoms with E-state index in [9.17, 15) is 14.4 Å². The lowest BCUT2D eigenvalue weighted by atomic mass is 10.1. The summed E-state index contributed by atoms with van der Waals surface area (Å²) in [4.78, 5) is 42.1. The van der Waals surface area contributed by atoms with Gasteiger partial charge in [-0.15, -0.1) is 6.58 Å². The van der Waals surface area contributed by atoms with Crippen molar-refractivity contribution in [3.05, 3.63) is 12.7 Å². The maximum absolute atomic E-state index is 12.1. The van der Waals surface area contributed by atoms with Gasteiger partial charge in [-0.3, -0.25) is 24.8 Å². The summed E-state index contributed by atoms with van der Waals surface area (Å²) >= 11 is 0. The van der Waals surface area contributed by atoms with Crippen LogP contribution < -0.4 is 15.5 Å². The average Bonchev–Trinajstić information content (AvgIpc) is 2.51. The summed E-state index contributed by atoms with van der Waals surface area (Å²) in [6, 6.07) is -0.700. The van der Waals surface area contributed by atoms with Gasteiger partial charge in [0.05, 0.1) is 13.1 Å². The zero-order valence-corrected chi connectivity index (χ0v) is 12.6. The van der Waals surface area contributed by atoms with E-state index in [1.807, 2.05) is 0 Å². The lowest BCUT2D eigenvalue weighted by Crippen LogP contribution is -3.20. The van der Waals surface area contributed by atoms with Crippen molar-refractivity contribution in [3.63, 3.8) is 0 Å². The number of rotatable bonds is 6. The van der Waals surface area contributed by atoms with Crippen molar-refractivity contribution < 1.29 is 24.6 Å². The molecule has 0 unspecified atom stereocenters. The van der Waals surface area contributed by atoms with Gasteiger partial charge in [-0.1, -0.05) is 6.08 Å². The number of piperazine rings is 1. The monoisotopic (exact) mass is 309 g/mol. The van der Waals surface area contributed by atoms with Gasteiger partial charge in [-0.2, -0.15) is 0 Å². The van der Waals surface area contributed by atoms with Crippen molar-refractivity contribution in [1.82, 2.24) is 10.2 Å². The molecule has 0 aliphatic carbocycles. The SMILES string of the molecule is C=CCN1C(=O)NC(=O)[C@H](C=NCC[NH+]2CC[NH2+]CC2)C1=O. The number of quaternary nitrogens is 2. The zero-order valence-electron chi connectivity index (χ0n) is 12.6. The number of amides is 4. The van der Waals surface area contributed by atoms with E-state index in [0.717, 1.165) is 37.6 Å². The fourth-order valence-electron chi connectivity index (χ4n) is 2.60. The number of nitrogens with two attached hydrogens (primary N) is 1. The summed E-state index contributed by atoms with van der Waals surface area (Å²) in [5, 5.41) is 4.46. The lowest BCUT2D eigenvalue weighted by molar-refractivity contribution is -0.945. The number of aliphatic imine (C=N–C) groups is 1. The Bertz CT molecular complexity index is 485. The van der Waals surface area contributed by atoms with E-state index in [1.54, 1.807) is 0 Å². The van der Waals surface area contributed by atoms with Crippen molar-refractivity contribution in [2.45, 2.75) is 0 Å². The summed E-state index contributed by atoms with van der Waals surface area (Å²) in [6.07, 6.45) is 2.80. The molecule has 8 heteroatoms. The molecule has 0 aromatic carbocycles. The highest BCUT2D eigenvalue weighted by Gasteiger charge is 2.38. The zero-order chi connectivity index (χ0) is 15.9. The number of hydrogen-bond acceptors (Lipinski definition) is 4. The van der Waals surface area contributed by atoms with Gasteiger partial charge in [0.2, 0.25) is 11.8 Å². The molecule has 0 bridgehead atoms. The highest BCUT2D eigenvalue weighted by atomic mass is 16.2. The first-order chi connectivity index (χ1) is 10.6. The van der Waals surface area contributed by atoms with Crippen LogP contribution in [0.5, 0.6) is 0 Å². The summed E-state index contributed by atoms with van der Waals surface area (Å²) in [6.45, 7) is 9.51. The molecule has 0 aromatic rings. The standard InChI is InChI=1S/C14H21N5O3/c1-2-6-19-13(21)11(12(20)17-14(19)22)10-16-5-9-18-7-3-15-4-8-18/h2,10-11,15H,1,3-9H2,(H,17,20,22)/p+2/t11-/m0/s1. The highest BCUT2D eigenvalue weighted by molar-refractivity contribution is 6.23. The second kappa shape index (κ2) is 7.81. The number of carbonyl (C=O) groups is 3. The molecule has 2 fully saturated rings. The Balaban J connectivity index is 1.87. The number of nitrogens with zero attached hydrogens (tertiary/aromatic N) is 2. The molecule has 2 aliphatic heterocycles. The molecule has 8 nitrogen and oxygen atoms in total. The van der Waals surface area contributed by atoms with E-state index < -0.39 is 23.8 Å². The third kappa shape index (κ3) is 3.99. The van der Waals surface area contributed by atoms with E-state index in [1.165, 1.54) is 17.2 Å². The number of carbonyl (C=O) groups excluding carboxylic acids is 3. The molecular formula is C14H23N5O3+2. The van der Waals surface area contributed by atoms with Gasteiger partial charge in [0.1, 0.15) is 26.2 Å². The van der Waals surface area contributed by atoms with Gasteiger partial charge in [0.15, 0.2) is 5.92 Å². The highest BCUT2D eigenvalue weighted by Crippen LogP contribution is 2.08. The summed E-state index contributed by atoms with van der Waals surface area (Å²) in [5.74, 6) is -2.18. The van der Waals surface area contributed by atoms with Crippen LogP contribution in [0.3, 0.4) is 0 Å². The van der Waals surface area contributed by atoms with Crippen molar-refractivity contribution in [2.24, 2.45) is 10.9 Å². The Morgan fingerprint density at radius 2 is 2.09 bits per heavy atom.